The first-order valence-electron chi connectivity index (χ1n) is 17.3. The van der Waals surface area contributed by atoms with Crippen molar-refractivity contribution in [3.8, 4) is 5.75 Å². The van der Waals surface area contributed by atoms with Gasteiger partial charge in [-0.2, -0.15) is 0 Å². The molecule has 12 heteroatoms. The van der Waals surface area contributed by atoms with Gasteiger partial charge in [0.2, 0.25) is 0 Å². The van der Waals surface area contributed by atoms with Gasteiger partial charge in [0.15, 0.2) is 0 Å². The van der Waals surface area contributed by atoms with Crippen LogP contribution in [0.5, 0.6) is 5.75 Å². The highest BCUT2D eigenvalue weighted by atomic mass is 16.5. The second-order valence-corrected chi connectivity index (χ2v) is 14.2. The summed E-state index contributed by atoms with van der Waals surface area (Å²) in [4.78, 5) is 24.9. The van der Waals surface area contributed by atoms with Crippen molar-refractivity contribution in [3.63, 3.8) is 0 Å². The minimum absolute atomic E-state index is 0.0178. The minimum atomic E-state index is -0.373. The Morgan fingerprint density at radius 1 is 0.894 bits per heavy atom. The Balaban J connectivity index is 1.10. The van der Waals surface area contributed by atoms with Gasteiger partial charge in [0.1, 0.15) is 5.75 Å². The molecule has 0 spiro atoms. The van der Waals surface area contributed by atoms with Crippen LogP contribution in [0.2, 0.25) is 0 Å². The van der Waals surface area contributed by atoms with Crippen LogP contribution in [0.1, 0.15) is 81.5 Å². The molecule has 1 aromatic carbocycles. The molecule has 2 amide bonds. The van der Waals surface area contributed by atoms with Crippen molar-refractivity contribution in [1.82, 2.24) is 36.3 Å². The molecular formula is C35H57N7O5. The highest BCUT2D eigenvalue weighted by Gasteiger charge is 2.50. The van der Waals surface area contributed by atoms with E-state index >= 15 is 0 Å². The van der Waals surface area contributed by atoms with Crippen molar-refractivity contribution >= 4 is 12.0 Å². The lowest BCUT2D eigenvalue weighted by atomic mass is 10.0. The number of carbonyl (C=O) groups excluding carboxylic acids is 2. The number of rotatable bonds is 19. The van der Waals surface area contributed by atoms with Crippen LogP contribution in [0.4, 0.5) is 4.79 Å². The van der Waals surface area contributed by atoms with Crippen LogP contribution >= 0.6 is 0 Å². The maximum atomic E-state index is 12.7. The minimum Gasteiger partial charge on any atom is -0.494 e. The van der Waals surface area contributed by atoms with E-state index in [0.29, 0.717) is 69.4 Å². The summed E-state index contributed by atoms with van der Waals surface area (Å²) >= 11 is 0. The standard InChI is InChI=1S/C35H57N7O5/c1-34(2,36-5)16-21-45-23-19-39-33(44)47-24-29-27-12-14-30-31(15-13-28(27)29)42(41-40-30)20-7-18-38-32(43)25-8-10-26(11-9-25)46-22-17-35(3,4)37-6/h8-11,27-29,36-37H,7,12-24H2,1-6H3,(H,38,43)(H,39,44)/t27-,28+,29+/m0/s1. The van der Waals surface area contributed by atoms with Crippen LogP contribution in [-0.2, 0) is 28.9 Å². The number of nitrogens with zero attached hydrogens (tertiary/aromatic N) is 3. The SMILES string of the molecule is CNC(C)(C)CCOCCNC(=O)OC[C@H]1[C@@H]2CCc3c(nnn3CCCNC(=O)c3ccc(OCCC(C)(C)NC)cc3)CC[C@@H]21. The average molecular weight is 656 g/mol. The molecule has 4 rings (SSSR count). The fraction of sp³-hybridized carbons (Fsp3) is 0.714. The Bertz CT molecular complexity index is 1280. The Morgan fingerprint density at radius 2 is 1.57 bits per heavy atom. The molecule has 0 saturated heterocycles. The van der Waals surface area contributed by atoms with Gasteiger partial charge in [0, 0.05) is 42.9 Å². The number of fused-ring (bicyclic) bond motifs is 2. The Hall–Kier alpha value is -3.22. The van der Waals surface area contributed by atoms with Gasteiger partial charge in [-0.05, 0) is 129 Å². The lowest BCUT2D eigenvalue weighted by Gasteiger charge is -2.23. The highest BCUT2D eigenvalue weighted by Crippen LogP contribution is 2.52. The summed E-state index contributed by atoms with van der Waals surface area (Å²) in [5, 5.41) is 21.3. The van der Waals surface area contributed by atoms with Gasteiger partial charge in [-0.3, -0.25) is 4.79 Å². The molecule has 262 valence electrons. The number of alkyl carbamates (subject to hydrolysis) is 1. The van der Waals surface area contributed by atoms with E-state index in [1.807, 2.05) is 30.9 Å². The smallest absolute Gasteiger partial charge is 0.407 e. The summed E-state index contributed by atoms with van der Waals surface area (Å²) in [6.45, 7) is 12.4. The molecule has 1 fully saturated rings. The molecule has 1 saturated carbocycles. The largest absolute Gasteiger partial charge is 0.494 e. The zero-order valence-electron chi connectivity index (χ0n) is 29.3. The molecule has 0 radical (unpaired) electrons. The zero-order chi connectivity index (χ0) is 33.9. The Kier molecular flexibility index (Phi) is 13.4. The second-order valence-electron chi connectivity index (χ2n) is 14.2. The second kappa shape index (κ2) is 17.3. The molecule has 0 aliphatic heterocycles. The summed E-state index contributed by atoms with van der Waals surface area (Å²) in [7, 11) is 3.89. The number of carbonyl (C=O) groups is 2. The van der Waals surface area contributed by atoms with E-state index in [0.717, 1.165) is 56.4 Å². The number of hydrogen-bond donors (Lipinski definition) is 4. The third kappa shape index (κ3) is 11.5. The summed E-state index contributed by atoms with van der Waals surface area (Å²) in [6.07, 6.45) is 6.06. The lowest BCUT2D eigenvalue weighted by Crippen LogP contribution is -2.37. The molecule has 2 aliphatic carbocycles. The molecule has 2 aliphatic rings. The van der Waals surface area contributed by atoms with Crippen LogP contribution in [0.15, 0.2) is 24.3 Å². The van der Waals surface area contributed by atoms with Crippen molar-refractivity contribution in [2.45, 2.75) is 90.3 Å². The molecule has 1 aromatic heterocycles. The zero-order valence-corrected chi connectivity index (χ0v) is 29.3. The molecule has 3 atom stereocenters. The first kappa shape index (κ1) is 36.6. The highest BCUT2D eigenvalue weighted by molar-refractivity contribution is 5.94. The number of amides is 2. The lowest BCUT2D eigenvalue weighted by molar-refractivity contribution is 0.0952. The van der Waals surface area contributed by atoms with E-state index in [9.17, 15) is 9.59 Å². The fourth-order valence-corrected chi connectivity index (χ4v) is 6.04. The van der Waals surface area contributed by atoms with E-state index in [1.165, 1.54) is 5.69 Å². The average Bonchev–Trinajstić information content (AvgIpc) is 3.56. The van der Waals surface area contributed by atoms with Gasteiger partial charge < -0.3 is 35.5 Å². The topological polar surface area (TPSA) is 141 Å². The van der Waals surface area contributed by atoms with E-state index in [1.54, 1.807) is 12.1 Å². The molecular weight excluding hydrogens is 598 g/mol. The Labute approximate surface area is 280 Å². The van der Waals surface area contributed by atoms with Gasteiger partial charge in [-0.15, -0.1) is 5.10 Å². The number of ether oxygens (including phenoxy) is 3. The normalized spacial score (nSPS) is 19.1. The predicted molar refractivity (Wildman–Crippen MR) is 182 cm³/mol. The fourth-order valence-electron chi connectivity index (χ4n) is 6.04. The molecule has 1 heterocycles. The third-order valence-corrected chi connectivity index (χ3v) is 9.95. The van der Waals surface area contributed by atoms with E-state index < -0.39 is 0 Å². The first-order chi connectivity index (χ1) is 22.5. The van der Waals surface area contributed by atoms with Crippen molar-refractivity contribution in [1.29, 1.82) is 0 Å². The van der Waals surface area contributed by atoms with Crippen LogP contribution in [0.25, 0.3) is 0 Å². The summed E-state index contributed by atoms with van der Waals surface area (Å²) in [6, 6.07) is 7.29. The van der Waals surface area contributed by atoms with Crippen LogP contribution < -0.4 is 26.0 Å². The van der Waals surface area contributed by atoms with E-state index in [2.05, 4.69) is 59.3 Å². The molecule has 47 heavy (non-hydrogen) atoms. The predicted octanol–water partition coefficient (Wildman–Crippen LogP) is 3.74. The quantitative estimate of drug-likeness (QED) is 0.167. The third-order valence-electron chi connectivity index (χ3n) is 9.95. The molecule has 4 N–H and O–H groups in total. The molecule has 0 bridgehead atoms. The van der Waals surface area contributed by atoms with Gasteiger partial charge in [-0.25, -0.2) is 9.48 Å². The number of hydrogen-bond acceptors (Lipinski definition) is 9. The van der Waals surface area contributed by atoms with Gasteiger partial charge in [0.25, 0.3) is 5.91 Å². The van der Waals surface area contributed by atoms with E-state index in [-0.39, 0.29) is 23.1 Å². The molecule has 2 aromatic rings. The molecule has 12 nitrogen and oxygen atoms in total. The monoisotopic (exact) mass is 655 g/mol. The summed E-state index contributed by atoms with van der Waals surface area (Å²) in [5.41, 5.74) is 2.95. The van der Waals surface area contributed by atoms with Gasteiger partial charge in [0.05, 0.1) is 31.2 Å². The van der Waals surface area contributed by atoms with Crippen molar-refractivity contribution in [3.05, 3.63) is 41.2 Å². The van der Waals surface area contributed by atoms with Crippen LogP contribution in [0.3, 0.4) is 0 Å². The number of aryl methyl sites for hydroxylation is 2. The maximum Gasteiger partial charge on any atom is 0.407 e. The van der Waals surface area contributed by atoms with Crippen LogP contribution in [0, 0.1) is 17.8 Å². The van der Waals surface area contributed by atoms with Crippen molar-refractivity contribution in [2.24, 2.45) is 17.8 Å². The number of nitrogens with one attached hydrogen (secondary N) is 4. The maximum absolute atomic E-state index is 12.7. The van der Waals surface area contributed by atoms with Gasteiger partial charge in [-0.1, -0.05) is 5.21 Å². The molecule has 0 unspecified atom stereocenters. The Morgan fingerprint density at radius 3 is 2.28 bits per heavy atom. The number of aromatic nitrogens is 3. The summed E-state index contributed by atoms with van der Waals surface area (Å²) < 4.78 is 19.0. The summed E-state index contributed by atoms with van der Waals surface area (Å²) in [5.74, 6) is 2.21. The first-order valence-corrected chi connectivity index (χ1v) is 17.3. The van der Waals surface area contributed by atoms with Crippen molar-refractivity contribution in [2.75, 3.05) is 53.6 Å². The van der Waals surface area contributed by atoms with Crippen molar-refractivity contribution < 1.29 is 23.8 Å². The number of benzene rings is 1. The van der Waals surface area contributed by atoms with Gasteiger partial charge >= 0.3 is 6.09 Å². The van der Waals surface area contributed by atoms with Crippen LogP contribution in [-0.4, -0.2) is 91.7 Å². The van der Waals surface area contributed by atoms with E-state index in [4.69, 9.17) is 14.2 Å².